The van der Waals surface area contributed by atoms with Crippen LogP contribution in [-0.4, -0.2) is 24.3 Å². The lowest BCUT2D eigenvalue weighted by atomic mass is 10.1. The first-order chi connectivity index (χ1) is 7.97. The molecule has 1 aromatic rings. The highest BCUT2D eigenvalue weighted by molar-refractivity contribution is 5.26. The quantitative estimate of drug-likeness (QED) is 0.823. The molecule has 0 aliphatic heterocycles. The Bertz CT molecular complexity index is 355. The molecule has 0 spiro atoms. The molecule has 1 heterocycles. The van der Waals surface area contributed by atoms with Crippen molar-refractivity contribution in [2.75, 3.05) is 13.7 Å². The Kier molecular flexibility index (Phi) is 5.22. The van der Waals surface area contributed by atoms with Crippen molar-refractivity contribution in [2.45, 2.75) is 40.3 Å². The number of aryl methyl sites for hydroxylation is 1. The first-order valence-electron chi connectivity index (χ1n) is 6.31. The van der Waals surface area contributed by atoms with Crippen molar-refractivity contribution in [1.82, 2.24) is 9.88 Å². The highest BCUT2D eigenvalue weighted by atomic mass is 16.5. The third-order valence-corrected chi connectivity index (χ3v) is 3.59. The van der Waals surface area contributed by atoms with Crippen LogP contribution in [0.4, 0.5) is 0 Å². The third kappa shape index (κ3) is 3.58. The van der Waals surface area contributed by atoms with E-state index in [-0.39, 0.29) is 0 Å². The summed E-state index contributed by atoms with van der Waals surface area (Å²) in [5.74, 6) is 0.583. The lowest BCUT2D eigenvalue weighted by Crippen LogP contribution is -2.37. The van der Waals surface area contributed by atoms with E-state index in [1.54, 1.807) is 7.11 Å². The molecule has 0 fully saturated rings. The summed E-state index contributed by atoms with van der Waals surface area (Å²) in [4.78, 5) is 0. The number of methoxy groups -OCH3 is 1. The molecule has 1 aromatic heterocycles. The molecule has 0 aromatic carbocycles. The van der Waals surface area contributed by atoms with Crippen LogP contribution in [-0.2, 0) is 18.3 Å². The van der Waals surface area contributed by atoms with Crippen molar-refractivity contribution in [3.8, 4) is 0 Å². The molecule has 17 heavy (non-hydrogen) atoms. The van der Waals surface area contributed by atoms with Crippen LogP contribution in [0.15, 0.2) is 6.07 Å². The normalized spacial score (nSPS) is 13.4. The Hall–Kier alpha value is -0.800. The van der Waals surface area contributed by atoms with Gasteiger partial charge in [-0.2, -0.15) is 0 Å². The maximum atomic E-state index is 5.25. The minimum Gasteiger partial charge on any atom is -0.383 e. The fourth-order valence-corrected chi connectivity index (χ4v) is 2.02. The van der Waals surface area contributed by atoms with Crippen LogP contribution in [0, 0.1) is 19.8 Å². The average Bonchev–Trinajstić information content (AvgIpc) is 2.52. The minimum atomic E-state index is 0.417. The number of nitrogens with zero attached hydrogens (tertiary/aromatic N) is 1. The van der Waals surface area contributed by atoms with Gasteiger partial charge in [-0.3, -0.25) is 0 Å². The second kappa shape index (κ2) is 6.22. The molecule has 98 valence electrons. The van der Waals surface area contributed by atoms with Crippen molar-refractivity contribution in [1.29, 1.82) is 0 Å². The summed E-state index contributed by atoms with van der Waals surface area (Å²) in [5, 5.41) is 3.58. The van der Waals surface area contributed by atoms with Gasteiger partial charge >= 0.3 is 0 Å². The minimum absolute atomic E-state index is 0.417. The second-order valence-corrected chi connectivity index (χ2v) is 5.14. The number of hydrogen-bond acceptors (Lipinski definition) is 2. The Balaban J connectivity index is 2.62. The molecular weight excluding hydrogens is 212 g/mol. The van der Waals surface area contributed by atoms with Crippen LogP contribution in [0.5, 0.6) is 0 Å². The molecule has 1 N–H and O–H groups in total. The number of aromatic nitrogens is 1. The van der Waals surface area contributed by atoms with Gasteiger partial charge in [-0.15, -0.1) is 0 Å². The van der Waals surface area contributed by atoms with Crippen LogP contribution >= 0.6 is 0 Å². The lowest BCUT2D eigenvalue weighted by Gasteiger charge is -2.21. The van der Waals surface area contributed by atoms with Gasteiger partial charge in [-0.25, -0.2) is 0 Å². The van der Waals surface area contributed by atoms with Gasteiger partial charge in [-0.05, 0) is 31.4 Å². The Labute approximate surface area is 105 Å². The molecule has 0 saturated carbocycles. The van der Waals surface area contributed by atoms with Gasteiger partial charge in [0.15, 0.2) is 0 Å². The summed E-state index contributed by atoms with van der Waals surface area (Å²) in [6.07, 6.45) is 0. The predicted octanol–water partition coefficient (Wildman–Crippen LogP) is 2.40. The van der Waals surface area contributed by atoms with E-state index in [0.717, 1.165) is 13.2 Å². The number of ether oxygens (including phenoxy) is 1. The van der Waals surface area contributed by atoms with Crippen LogP contribution in [0.1, 0.15) is 30.8 Å². The zero-order valence-electron chi connectivity index (χ0n) is 12.0. The summed E-state index contributed by atoms with van der Waals surface area (Å²) in [6, 6.07) is 2.67. The number of hydrogen-bond donors (Lipinski definition) is 1. The second-order valence-electron chi connectivity index (χ2n) is 5.14. The zero-order valence-corrected chi connectivity index (χ0v) is 12.0. The van der Waals surface area contributed by atoms with Crippen LogP contribution in [0.25, 0.3) is 0 Å². The van der Waals surface area contributed by atoms with E-state index in [1.807, 2.05) is 0 Å². The zero-order chi connectivity index (χ0) is 13.0. The molecule has 0 amide bonds. The smallest absolute Gasteiger partial charge is 0.0618 e. The van der Waals surface area contributed by atoms with Gasteiger partial charge in [0.1, 0.15) is 0 Å². The van der Waals surface area contributed by atoms with Crippen LogP contribution in [0.2, 0.25) is 0 Å². The first kappa shape index (κ1) is 14.3. The van der Waals surface area contributed by atoms with Crippen molar-refractivity contribution in [3.05, 3.63) is 23.0 Å². The molecule has 0 aliphatic carbocycles. The summed E-state index contributed by atoms with van der Waals surface area (Å²) < 4.78 is 7.48. The molecular formula is C14H26N2O. The van der Waals surface area contributed by atoms with Crippen LogP contribution in [0.3, 0.4) is 0 Å². The summed E-state index contributed by atoms with van der Waals surface area (Å²) in [5.41, 5.74) is 4.04. The maximum Gasteiger partial charge on any atom is 0.0618 e. The van der Waals surface area contributed by atoms with E-state index in [1.165, 1.54) is 17.0 Å². The van der Waals surface area contributed by atoms with Gasteiger partial charge in [0.25, 0.3) is 0 Å². The summed E-state index contributed by atoms with van der Waals surface area (Å²) in [6.45, 7) is 10.4. The Morgan fingerprint density at radius 2 is 2.00 bits per heavy atom. The Morgan fingerprint density at radius 1 is 1.35 bits per heavy atom. The number of nitrogens with one attached hydrogen (secondary N) is 1. The molecule has 3 nitrogen and oxygen atoms in total. The average molecular weight is 238 g/mol. The highest BCUT2D eigenvalue weighted by Crippen LogP contribution is 2.13. The lowest BCUT2D eigenvalue weighted by molar-refractivity contribution is 0.146. The van der Waals surface area contributed by atoms with E-state index in [9.17, 15) is 0 Å². The molecule has 0 bridgehead atoms. The van der Waals surface area contributed by atoms with Crippen molar-refractivity contribution < 1.29 is 4.74 Å². The van der Waals surface area contributed by atoms with Crippen molar-refractivity contribution in [3.63, 3.8) is 0 Å². The van der Waals surface area contributed by atoms with E-state index < -0.39 is 0 Å². The third-order valence-electron chi connectivity index (χ3n) is 3.59. The molecule has 1 atom stereocenters. The van der Waals surface area contributed by atoms with E-state index in [4.69, 9.17) is 4.74 Å². The SMILES string of the molecule is COCC(NCc1cc(C)n(C)c1C)C(C)C. The van der Waals surface area contributed by atoms with Crippen molar-refractivity contribution in [2.24, 2.45) is 13.0 Å². The fourth-order valence-electron chi connectivity index (χ4n) is 2.02. The molecule has 0 radical (unpaired) electrons. The topological polar surface area (TPSA) is 26.2 Å². The summed E-state index contributed by atoms with van der Waals surface area (Å²) in [7, 11) is 3.87. The van der Waals surface area contributed by atoms with Gasteiger partial charge in [0, 0.05) is 38.1 Å². The molecule has 3 heteroatoms. The molecule has 0 aliphatic rings. The van der Waals surface area contributed by atoms with E-state index >= 15 is 0 Å². The molecule has 0 saturated heterocycles. The fraction of sp³-hybridized carbons (Fsp3) is 0.714. The number of rotatable bonds is 6. The van der Waals surface area contributed by atoms with E-state index in [0.29, 0.717) is 12.0 Å². The van der Waals surface area contributed by atoms with Gasteiger partial charge < -0.3 is 14.6 Å². The van der Waals surface area contributed by atoms with Crippen LogP contribution < -0.4 is 5.32 Å². The van der Waals surface area contributed by atoms with E-state index in [2.05, 4.69) is 50.7 Å². The maximum absolute atomic E-state index is 5.25. The molecule has 1 unspecified atom stereocenters. The predicted molar refractivity (Wildman–Crippen MR) is 72.2 cm³/mol. The first-order valence-corrected chi connectivity index (χ1v) is 6.31. The van der Waals surface area contributed by atoms with Gasteiger partial charge in [0.2, 0.25) is 0 Å². The Morgan fingerprint density at radius 3 is 2.41 bits per heavy atom. The molecule has 1 rings (SSSR count). The monoisotopic (exact) mass is 238 g/mol. The summed E-state index contributed by atoms with van der Waals surface area (Å²) >= 11 is 0. The highest BCUT2D eigenvalue weighted by Gasteiger charge is 2.13. The van der Waals surface area contributed by atoms with Crippen molar-refractivity contribution >= 4 is 0 Å². The largest absolute Gasteiger partial charge is 0.383 e. The standard InChI is InChI=1S/C14H26N2O/c1-10(2)14(9-17-6)15-8-13-7-11(3)16(5)12(13)4/h7,10,14-15H,8-9H2,1-6H3. The van der Waals surface area contributed by atoms with Gasteiger partial charge in [-0.1, -0.05) is 13.8 Å². The van der Waals surface area contributed by atoms with Gasteiger partial charge in [0.05, 0.1) is 6.61 Å².